The first-order valence-corrected chi connectivity index (χ1v) is 12.3. The van der Waals surface area contributed by atoms with Crippen LogP contribution in [-0.2, 0) is 22.7 Å². The molecule has 0 bridgehead atoms. The van der Waals surface area contributed by atoms with Gasteiger partial charge in [-0.05, 0) is 47.5 Å². The topological polar surface area (TPSA) is 67.9 Å². The number of amides is 2. The molecule has 2 aliphatic rings. The van der Waals surface area contributed by atoms with Crippen LogP contribution in [-0.4, -0.2) is 23.9 Å². The minimum Gasteiger partial charge on any atom is -0.454 e. The molecule has 2 aliphatic heterocycles. The van der Waals surface area contributed by atoms with Crippen LogP contribution in [0.1, 0.15) is 18.1 Å². The molecule has 3 aromatic rings. The fourth-order valence-corrected chi connectivity index (χ4v) is 5.59. The molecule has 0 radical (unpaired) electrons. The quantitative estimate of drug-likeness (QED) is 0.493. The number of carbonyl (C=O) groups is 2. The predicted octanol–water partition coefficient (Wildman–Crippen LogP) is 5.17. The molecular formula is C26H22ClFN2O4S. The summed E-state index contributed by atoms with van der Waals surface area (Å²) in [5.41, 5.74) is 2.24. The SMILES string of the molecule is C[C@@H](C(=O)NCc1ccc2c(c1)OCO2)[C@H]1Sc2ccccc2N(Cc2ccc(F)cc2Cl)C1=O. The summed E-state index contributed by atoms with van der Waals surface area (Å²) < 4.78 is 24.2. The van der Waals surface area contributed by atoms with Crippen LogP contribution in [0.25, 0.3) is 0 Å². The number of nitrogens with one attached hydrogen (secondary N) is 1. The van der Waals surface area contributed by atoms with Gasteiger partial charge >= 0.3 is 0 Å². The van der Waals surface area contributed by atoms with E-state index >= 15 is 0 Å². The lowest BCUT2D eigenvalue weighted by Gasteiger charge is -2.36. The molecule has 9 heteroatoms. The number of carbonyl (C=O) groups excluding carboxylic acids is 2. The number of rotatable bonds is 6. The number of benzene rings is 3. The van der Waals surface area contributed by atoms with Gasteiger partial charge in [0, 0.05) is 16.5 Å². The van der Waals surface area contributed by atoms with Gasteiger partial charge in [0.2, 0.25) is 18.6 Å². The molecule has 35 heavy (non-hydrogen) atoms. The summed E-state index contributed by atoms with van der Waals surface area (Å²) in [4.78, 5) is 29.2. The maximum atomic E-state index is 13.6. The third kappa shape index (κ3) is 4.81. The van der Waals surface area contributed by atoms with Crippen LogP contribution in [0.2, 0.25) is 5.02 Å². The van der Waals surface area contributed by atoms with Crippen molar-refractivity contribution in [1.82, 2.24) is 5.32 Å². The van der Waals surface area contributed by atoms with E-state index in [0.29, 0.717) is 23.6 Å². The van der Waals surface area contributed by atoms with Crippen molar-refractivity contribution in [3.05, 3.63) is 82.6 Å². The molecule has 3 aromatic carbocycles. The first kappa shape index (κ1) is 23.5. The zero-order valence-corrected chi connectivity index (χ0v) is 20.4. The molecule has 0 fully saturated rings. The van der Waals surface area contributed by atoms with Crippen molar-refractivity contribution in [3.63, 3.8) is 0 Å². The molecule has 1 N–H and O–H groups in total. The van der Waals surface area contributed by atoms with Gasteiger partial charge < -0.3 is 19.7 Å². The molecular weight excluding hydrogens is 491 g/mol. The van der Waals surface area contributed by atoms with Gasteiger partial charge in [-0.2, -0.15) is 0 Å². The summed E-state index contributed by atoms with van der Waals surface area (Å²) >= 11 is 7.62. The molecule has 0 aromatic heterocycles. The fraction of sp³-hybridized carbons (Fsp3) is 0.231. The highest BCUT2D eigenvalue weighted by molar-refractivity contribution is 8.01. The van der Waals surface area contributed by atoms with Gasteiger partial charge in [-0.3, -0.25) is 9.59 Å². The Morgan fingerprint density at radius 2 is 1.97 bits per heavy atom. The number of anilines is 1. The average molecular weight is 513 g/mol. The third-order valence-electron chi connectivity index (χ3n) is 6.03. The third-order valence-corrected chi connectivity index (χ3v) is 7.85. The van der Waals surface area contributed by atoms with E-state index in [1.165, 1.54) is 23.9 Å². The molecule has 180 valence electrons. The van der Waals surface area contributed by atoms with E-state index < -0.39 is 17.0 Å². The largest absolute Gasteiger partial charge is 0.454 e. The van der Waals surface area contributed by atoms with E-state index in [2.05, 4.69) is 5.32 Å². The van der Waals surface area contributed by atoms with E-state index in [4.69, 9.17) is 21.1 Å². The maximum absolute atomic E-state index is 13.6. The molecule has 5 rings (SSSR count). The highest BCUT2D eigenvalue weighted by Gasteiger charge is 2.39. The molecule has 2 amide bonds. The summed E-state index contributed by atoms with van der Waals surface area (Å²) in [5, 5.41) is 2.55. The summed E-state index contributed by atoms with van der Waals surface area (Å²) in [5.74, 6) is -0.133. The number of para-hydroxylation sites is 1. The maximum Gasteiger partial charge on any atom is 0.241 e. The monoisotopic (exact) mass is 512 g/mol. The predicted molar refractivity (Wildman–Crippen MR) is 132 cm³/mol. The Hall–Kier alpha value is -3.23. The Morgan fingerprint density at radius 1 is 1.17 bits per heavy atom. The first-order chi connectivity index (χ1) is 16.9. The summed E-state index contributed by atoms with van der Waals surface area (Å²) in [7, 11) is 0. The Labute approximate surface area is 211 Å². The molecule has 0 unspecified atom stereocenters. The molecule has 0 saturated heterocycles. The molecule has 2 atom stereocenters. The van der Waals surface area contributed by atoms with Crippen molar-refractivity contribution >= 4 is 40.9 Å². The van der Waals surface area contributed by atoms with Crippen LogP contribution < -0.4 is 19.7 Å². The fourth-order valence-electron chi connectivity index (χ4n) is 4.08. The number of thioether (sulfide) groups is 1. The van der Waals surface area contributed by atoms with Gasteiger partial charge in [-0.15, -0.1) is 11.8 Å². The molecule has 6 nitrogen and oxygen atoms in total. The molecule has 0 aliphatic carbocycles. The standard InChI is InChI=1S/C26H22ClFN2O4S/c1-15(25(31)29-12-16-6-9-21-22(10-16)34-14-33-21)24-26(32)30(20-4-2-3-5-23(20)35-24)13-17-7-8-18(28)11-19(17)27/h2-11,15,24H,12-14H2,1H3,(H,29,31)/t15-,24-/m1/s1. The van der Waals surface area contributed by atoms with E-state index in [1.54, 1.807) is 17.9 Å². The minimum absolute atomic E-state index is 0.178. The van der Waals surface area contributed by atoms with Crippen LogP contribution in [0.3, 0.4) is 0 Å². The smallest absolute Gasteiger partial charge is 0.241 e. The van der Waals surface area contributed by atoms with Crippen molar-refractivity contribution in [1.29, 1.82) is 0 Å². The minimum atomic E-state index is -0.624. The second-order valence-corrected chi connectivity index (χ2v) is 9.95. The van der Waals surface area contributed by atoms with Crippen LogP contribution in [0.4, 0.5) is 10.1 Å². The number of ether oxygens (including phenoxy) is 2. The lowest BCUT2D eigenvalue weighted by atomic mass is 10.0. The summed E-state index contributed by atoms with van der Waals surface area (Å²) in [6, 6.07) is 17.2. The van der Waals surface area contributed by atoms with Crippen molar-refractivity contribution in [3.8, 4) is 11.5 Å². The van der Waals surface area contributed by atoms with Crippen LogP contribution in [0.15, 0.2) is 65.6 Å². The van der Waals surface area contributed by atoms with Gasteiger partial charge in [0.15, 0.2) is 11.5 Å². The zero-order chi connectivity index (χ0) is 24.5. The Morgan fingerprint density at radius 3 is 2.80 bits per heavy atom. The molecule has 2 heterocycles. The Kier molecular flexibility index (Phi) is 6.58. The summed E-state index contributed by atoms with van der Waals surface area (Å²) in [6.07, 6.45) is 0. The Balaban J connectivity index is 1.33. The number of nitrogens with zero attached hydrogens (tertiary/aromatic N) is 1. The van der Waals surface area contributed by atoms with E-state index in [-0.39, 0.29) is 30.2 Å². The second kappa shape index (κ2) is 9.79. The van der Waals surface area contributed by atoms with E-state index in [1.807, 2.05) is 42.5 Å². The van der Waals surface area contributed by atoms with Crippen LogP contribution in [0, 0.1) is 11.7 Å². The number of hydrogen-bond acceptors (Lipinski definition) is 5. The van der Waals surface area contributed by atoms with Crippen molar-refractivity contribution < 1.29 is 23.5 Å². The van der Waals surface area contributed by atoms with Crippen LogP contribution in [0.5, 0.6) is 11.5 Å². The molecule has 0 saturated carbocycles. The van der Waals surface area contributed by atoms with Crippen molar-refractivity contribution in [2.45, 2.75) is 30.2 Å². The first-order valence-electron chi connectivity index (χ1n) is 11.1. The number of halogens is 2. The zero-order valence-electron chi connectivity index (χ0n) is 18.8. The van der Waals surface area contributed by atoms with E-state index in [0.717, 1.165) is 16.1 Å². The lowest BCUT2D eigenvalue weighted by Crippen LogP contribution is -2.47. The van der Waals surface area contributed by atoms with Crippen molar-refractivity contribution in [2.24, 2.45) is 5.92 Å². The van der Waals surface area contributed by atoms with Gasteiger partial charge in [0.25, 0.3) is 0 Å². The summed E-state index contributed by atoms with van der Waals surface area (Å²) in [6.45, 7) is 2.42. The Bertz CT molecular complexity index is 1300. The van der Waals surface area contributed by atoms with Gasteiger partial charge in [-0.25, -0.2) is 4.39 Å². The second-order valence-electron chi connectivity index (χ2n) is 8.36. The number of fused-ring (bicyclic) bond motifs is 2. The highest BCUT2D eigenvalue weighted by Crippen LogP contribution is 2.42. The molecule has 0 spiro atoms. The van der Waals surface area contributed by atoms with Gasteiger partial charge in [0.05, 0.1) is 18.2 Å². The lowest BCUT2D eigenvalue weighted by molar-refractivity contribution is -0.128. The average Bonchev–Trinajstić information content (AvgIpc) is 3.33. The van der Waals surface area contributed by atoms with Gasteiger partial charge in [0.1, 0.15) is 11.1 Å². The van der Waals surface area contributed by atoms with Gasteiger partial charge in [-0.1, -0.05) is 42.8 Å². The normalized spacial score (nSPS) is 17.2. The van der Waals surface area contributed by atoms with Crippen LogP contribution >= 0.6 is 23.4 Å². The van der Waals surface area contributed by atoms with Crippen molar-refractivity contribution in [2.75, 3.05) is 11.7 Å². The highest BCUT2D eigenvalue weighted by atomic mass is 35.5. The van der Waals surface area contributed by atoms with E-state index in [9.17, 15) is 14.0 Å². The number of hydrogen-bond donors (Lipinski definition) is 1.